The molecule has 3 heteroatoms. The number of rotatable bonds is 5. The number of hydrogen-bond acceptors (Lipinski definition) is 3. The van der Waals surface area contributed by atoms with Gasteiger partial charge in [-0.25, -0.2) is 0 Å². The van der Waals surface area contributed by atoms with E-state index in [1.807, 2.05) is 13.8 Å². The molecule has 102 valence electrons. The van der Waals surface area contributed by atoms with E-state index in [1.165, 1.54) is 12.2 Å². The predicted molar refractivity (Wildman–Crippen MR) is 72.3 cm³/mol. The van der Waals surface area contributed by atoms with Gasteiger partial charge >= 0.3 is 0 Å². The first kappa shape index (κ1) is 15.1. The third-order valence-corrected chi connectivity index (χ3v) is 3.44. The van der Waals surface area contributed by atoms with Gasteiger partial charge in [0.05, 0.1) is 17.3 Å². The standard InChI is InChI=1S/C15H24O3/c1-6-15(5)10-8-13(18-15)11(2)12(16)7-9-14(3,4)17/h6-7,9,11,13,17H,1,8,10H2,2-5H3/b9-7+. The van der Waals surface area contributed by atoms with Gasteiger partial charge in [0, 0.05) is 5.92 Å². The van der Waals surface area contributed by atoms with Gasteiger partial charge in [-0.3, -0.25) is 4.79 Å². The Labute approximate surface area is 110 Å². The molecule has 0 aromatic rings. The molecule has 0 bridgehead atoms. The van der Waals surface area contributed by atoms with Crippen LogP contribution in [0.1, 0.15) is 40.5 Å². The maximum Gasteiger partial charge on any atom is 0.160 e. The van der Waals surface area contributed by atoms with Crippen molar-refractivity contribution in [3.8, 4) is 0 Å². The van der Waals surface area contributed by atoms with E-state index >= 15 is 0 Å². The Morgan fingerprint density at radius 2 is 2.22 bits per heavy atom. The zero-order chi connectivity index (χ0) is 14.0. The van der Waals surface area contributed by atoms with Crippen LogP contribution >= 0.6 is 0 Å². The van der Waals surface area contributed by atoms with Crippen LogP contribution in [0.3, 0.4) is 0 Å². The second-order valence-electron chi connectivity index (χ2n) is 5.89. The van der Waals surface area contributed by atoms with Gasteiger partial charge in [0.25, 0.3) is 0 Å². The summed E-state index contributed by atoms with van der Waals surface area (Å²) >= 11 is 0. The van der Waals surface area contributed by atoms with Gasteiger partial charge in [-0.2, -0.15) is 0 Å². The quantitative estimate of drug-likeness (QED) is 0.604. The number of ketones is 1. The lowest BCUT2D eigenvalue weighted by molar-refractivity contribution is -0.123. The lowest BCUT2D eigenvalue weighted by atomic mass is 9.94. The Hall–Kier alpha value is -0.930. The molecule has 1 saturated heterocycles. The minimum atomic E-state index is -0.957. The lowest BCUT2D eigenvalue weighted by Crippen LogP contribution is -2.29. The fraction of sp³-hybridized carbons (Fsp3) is 0.667. The molecule has 0 aliphatic carbocycles. The van der Waals surface area contributed by atoms with Crippen molar-refractivity contribution >= 4 is 5.78 Å². The minimum Gasteiger partial charge on any atom is -0.386 e. The van der Waals surface area contributed by atoms with Crippen LogP contribution < -0.4 is 0 Å². The van der Waals surface area contributed by atoms with Gasteiger partial charge in [-0.15, -0.1) is 6.58 Å². The summed E-state index contributed by atoms with van der Waals surface area (Å²) in [6.07, 6.45) is 6.48. The van der Waals surface area contributed by atoms with Crippen LogP contribution in [0.25, 0.3) is 0 Å². The highest BCUT2D eigenvalue weighted by Crippen LogP contribution is 2.34. The van der Waals surface area contributed by atoms with Crippen LogP contribution in [0.5, 0.6) is 0 Å². The molecule has 1 aliphatic rings. The summed E-state index contributed by atoms with van der Waals surface area (Å²) in [5.74, 6) is -0.194. The van der Waals surface area contributed by atoms with E-state index in [0.29, 0.717) is 0 Å². The van der Waals surface area contributed by atoms with Crippen molar-refractivity contribution < 1.29 is 14.6 Å². The molecule has 0 aromatic heterocycles. The van der Waals surface area contributed by atoms with E-state index < -0.39 is 5.60 Å². The minimum absolute atomic E-state index is 0.00422. The van der Waals surface area contributed by atoms with Crippen LogP contribution in [-0.4, -0.2) is 28.2 Å². The summed E-state index contributed by atoms with van der Waals surface area (Å²) in [5.41, 5.74) is -1.26. The number of carbonyl (C=O) groups is 1. The Morgan fingerprint density at radius 1 is 1.61 bits per heavy atom. The predicted octanol–water partition coefficient (Wildman–Crippen LogP) is 2.64. The molecular weight excluding hydrogens is 228 g/mol. The highest BCUT2D eigenvalue weighted by molar-refractivity contribution is 5.92. The van der Waals surface area contributed by atoms with Crippen molar-refractivity contribution in [2.75, 3.05) is 0 Å². The van der Waals surface area contributed by atoms with Gasteiger partial charge in [-0.1, -0.05) is 19.1 Å². The fourth-order valence-corrected chi connectivity index (χ4v) is 2.02. The molecule has 3 nitrogen and oxygen atoms in total. The lowest BCUT2D eigenvalue weighted by Gasteiger charge is -2.23. The van der Waals surface area contributed by atoms with Crippen molar-refractivity contribution in [1.29, 1.82) is 0 Å². The van der Waals surface area contributed by atoms with Crippen LogP contribution in [0.2, 0.25) is 0 Å². The summed E-state index contributed by atoms with van der Waals surface area (Å²) in [4.78, 5) is 12.0. The molecule has 0 radical (unpaired) electrons. The Bertz CT molecular complexity index is 351. The molecule has 3 unspecified atom stereocenters. The Balaban J connectivity index is 2.61. The van der Waals surface area contributed by atoms with Crippen LogP contribution in [0.15, 0.2) is 24.8 Å². The first-order valence-corrected chi connectivity index (χ1v) is 6.44. The highest BCUT2D eigenvalue weighted by atomic mass is 16.5. The van der Waals surface area contributed by atoms with Gasteiger partial charge in [0.1, 0.15) is 0 Å². The number of allylic oxidation sites excluding steroid dienone is 1. The van der Waals surface area contributed by atoms with E-state index in [4.69, 9.17) is 4.74 Å². The summed E-state index contributed by atoms with van der Waals surface area (Å²) in [6, 6.07) is 0. The molecule has 1 aliphatic heterocycles. The maximum absolute atomic E-state index is 12.0. The van der Waals surface area contributed by atoms with Crippen molar-refractivity contribution in [2.24, 2.45) is 5.92 Å². The largest absolute Gasteiger partial charge is 0.386 e. The Morgan fingerprint density at radius 3 is 2.67 bits per heavy atom. The van der Waals surface area contributed by atoms with Crippen molar-refractivity contribution in [3.63, 3.8) is 0 Å². The molecule has 0 spiro atoms. The SMILES string of the molecule is C=CC1(C)CCC(C(C)C(=O)/C=C/C(C)(C)O)O1. The second-order valence-corrected chi connectivity index (χ2v) is 5.89. The fourth-order valence-electron chi connectivity index (χ4n) is 2.02. The summed E-state index contributed by atoms with van der Waals surface area (Å²) in [6.45, 7) is 10.9. The monoisotopic (exact) mass is 252 g/mol. The first-order chi connectivity index (χ1) is 8.17. The second kappa shape index (κ2) is 5.37. The van der Waals surface area contributed by atoms with Gasteiger partial charge in [-0.05, 0) is 39.7 Å². The van der Waals surface area contributed by atoms with Crippen LogP contribution in [0, 0.1) is 5.92 Å². The highest BCUT2D eigenvalue weighted by Gasteiger charge is 2.37. The number of carbonyl (C=O) groups excluding carboxylic acids is 1. The summed E-state index contributed by atoms with van der Waals surface area (Å²) in [7, 11) is 0. The van der Waals surface area contributed by atoms with E-state index in [2.05, 4.69) is 6.58 Å². The molecule has 0 saturated carbocycles. The van der Waals surface area contributed by atoms with Gasteiger partial charge in [0.15, 0.2) is 5.78 Å². The van der Waals surface area contributed by atoms with Crippen molar-refractivity contribution in [1.82, 2.24) is 0 Å². The van der Waals surface area contributed by atoms with Crippen molar-refractivity contribution in [3.05, 3.63) is 24.8 Å². The zero-order valence-electron chi connectivity index (χ0n) is 11.8. The third kappa shape index (κ3) is 4.07. The first-order valence-electron chi connectivity index (χ1n) is 6.44. The van der Waals surface area contributed by atoms with Crippen LogP contribution in [0.4, 0.5) is 0 Å². The average Bonchev–Trinajstić information content (AvgIpc) is 2.67. The normalized spacial score (nSPS) is 30.6. The maximum atomic E-state index is 12.0. The molecule has 1 heterocycles. The number of ether oxygens (including phenoxy) is 1. The molecule has 1 fully saturated rings. The molecular formula is C15H24O3. The Kier molecular flexibility index (Phi) is 4.51. The summed E-state index contributed by atoms with van der Waals surface area (Å²) < 4.78 is 5.88. The topological polar surface area (TPSA) is 46.5 Å². The molecule has 0 amide bonds. The zero-order valence-corrected chi connectivity index (χ0v) is 11.8. The third-order valence-electron chi connectivity index (χ3n) is 3.44. The van der Waals surface area contributed by atoms with Gasteiger partial charge in [0.2, 0.25) is 0 Å². The van der Waals surface area contributed by atoms with E-state index in [-0.39, 0.29) is 23.4 Å². The van der Waals surface area contributed by atoms with E-state index in [1.54, 1.807) is 19.9 Å². The number of aliphatic hydroxyl groups is 1. The molecule has 3 atom stereocenters. The molecule has 1 rings (SSSR count). The molecule has 0 aromatic carbocycles. The average molecular weight is 252 g/mol. The van der Waals surface area contributed by atoms with Crippen LogP contribution in [-0.2, 0) is 9.53 Å². The smallest absolute Gasteiger partial charge is 0.160 e. The van der Waals surface area contributed by atoms with E-state index in [9.17, 15) is 9.90 Å². The van der Waals surface area contributed by atoms with E-state index in [0.717, 1.165) is 12.8 Å². The van der Waals surface area contributed by atoms with Gasteiger partial charge < -0.3 is 9.84 Å². The van der Waals surface area contributed by atoms with Crippen molar-refractivity contribution in [2.45, 2.75) is 57.8 Å². The molecule has 18 heavy (non-hydrogen) atoms. The summed E-state index contributed by atoms with van der Waals surface area (Å²) in [5, 5.41) is 9.55. The number of hydrogen-bond donors (Lipinski definition) is 1. The molecule has 1 N–H and O–H groups in total.